The summed E-state index contributed by atoms with van der Waals surface area (Å²) in [6, 6.07) is 0. The predicted octanol–water partition coefficient (Wildman–Crippen LogP) is 7.37. The highest BCUT2D eigenvalue weighted by atomic mass is 16.5. The molecule has 2 nitrogen and oxygen atoms in total. The van der Waals surface area contributed by atoms with Gasteiger partial charge in [0, 0.05) is 5.57 Å². The maximum Gasteiger partial charge on any atom is 0.333 e. The fourth-order valence-electron chi connectivity index (χ4n) is 3.04. The van der Waals surface area contributed by atoms with Crippen LogP contribution in [0.15, 0.2) is 12.2 Å². The van der Waals surface area contributed by atoms with Gasteiger partial charge < -0.3 is 4.74 Å². The summed E-state index contributed by atoms with van der Waals surface area (Å²) in [7, 11) is 0. The van der Waals surface area contributed by atoms with E-state index in [-0.39, 0.29) is 5.97 Å². The van der Waals surface area contributed by atoms with Gasteiger partial charge in [0.1, 0.15) is 0 Å². The smallest absolute Gasteiger partial charge is 0.333 e. The molecule has 0 aliphatic rings. The summed E-state index contributed by atoms with van der Waals surface area (Å²) in [4.78, 5) is 11.4. The maximum absolute atomic E-state index is 11.4. The van der Waals surface area contributed by atoms with Gasteiger partial charge in [-0.1, -0.05) is 103 Å². The van der Waals surface area contributed by atoms with Crippen LogP contribution in [0.1, 0.15) is 117 Å². The number of unbranched alkanes of at least 4 members (excludes halogenated alkanes) is 14. The minimum absolute atomic E-state index is 0.220. The normalized spacial score (nSPS) is 10.8. The number of hydrogen-bond donors (Lipinski definition) is 0. The van der Waals surface area contributed by atoms with Crippen molar-refractivity contribution in [2.75, 3.05) is 6.61 Å². The molecule has 0 atom stereocenters. The molecule has 0 rings (SSSR count). The summed E-state index contributed by atoms with van der Waals surface area (Å²) in [6.07, 6.45) is 21.2. The Morgan fingerprint density at radius 3 is 1.42 bits per heavy atom. The molecule has 2 heteroatoms. The Bertz CT molecular complexity index is 296. The average Bonchev–Trinajstić information content (AvgIpc) is 2.58. The average molecular weight is 339 g/mol. The van der Waals surface area contributed by atoms with Gasteiger partial charge in [0.25, 0.3) is 0 Å². The number of esters is 1. The molecule has 0 saturated heterocycles. The standard InChI is InChI=1S/C22H42O2/c1-4-6-7-8-9-10-11-12-13-14-15-16-17-18-19-20-21(3)22(23)24-5-2/h3-20H2,1-2H3. The van der Waals surface area contributed by atoms with Crippen LogP contribution in [0.2, 0.25) is 0 Å². The monoisotopic (exact) mass is 338 g/mol. The first-order valence-corrected chi connectivity index (χ1v) is 10.6. The molecule has 142 valence electrons. The van der Waals surface area contributed by atoms with Crippen molar-refractivity contribution < 1.29 is 9.53 Å². The number of rotatable bonds is 18. The van der Waals surface area contributed by atoms with E-state index in [2.05, 4.69) is 13.5 Å². The van der Waals surface area contributed by atoms with Gasteiger partial charge in [-0.05, 0) is 19.8 Å². The van der Waals surface area contributed by atoms with Crippen LogP contribution >= 0.6 is 0 Å². The summed E-state index contributed by atoms with van der Waals surface area (Å²) < 4.78 is 4.94. The van der Waals surface area contributed by atoms with E-state index in [9.17, 15) is 4.79 Å². The van der Waals surface area contributed by atoms with E-state index in [0.29, 0.717) is 12.2 Å². The summed E-state index contributed by atoms with van der Waals surface area (Å²) in [5, 5.41) is 0. The second-order valence-electron chi connectivity index (χ2n) is 7.02. The van der Waals surface area contributed by atoms with Crippen molar-refractivity contribution >= 4 is 5.97 Å². The largest absolute Gasteiger partial charge is 0.463 e. The lowest BCUT2D eigenvalue weighted by Crippen LogP contribution is -2.06. The van der Waals surface area contributed by atoms with E-state index in [4.69, 9.17) is 4.74 Å². The molecule has 0 saturated carbocycles. The van der Waals surface area contributed by atoms with E-state index in [1.165, 1.54) is 89.9 Å². The third kappa shape index (κ3) is 16.1. The Kier molecular flexibility index (Phi) is 17.9. The first-order chi connectivity index (χ1) is 11.7. The highest BCUT2D eigenvalue weighted by Gasteiger charge is 2.06. The van der Waals surface area contributed by atoms with Crippen LogP contribution in [-0.4, -0.2) is 12.6 Å². The van der Waals surface area contributed by atoms with Gasteiger partial charge in [0.2, 0.25) is 0 Å². The Morgan fingerprint density at radius 2 is 1.04 bits per heavy atom. The van der Waals surface area contributed by atoms with Crippen LogP contribution in [0.25, 0.3) is 0 Å². The fraction of sp³-hybridized carbons (Fsp3) is 0.864. The van der Waals surface area contributed by atoms with Gasteiger partial charge >= 0.3 is 5.97 Å². The van der Waals surface area contributed by atoms with Crippen LogP contribution in [0.5, 0.6) is 0 Å². The van der Waals surface area contributed by atoms with Crippen molar-refractivity contribution in [3.63, 3.8) is 0 Å². The maximum atomic E-state index is 11.4. The zero-order valence-corrected chi connectivity index (χ0v) is 16.5. The lowest BCUT2D eigenvalue weighted by molar-refractivity contribution is -0.138. The van der Waals surface area contributed by atoms with Crippen LogP contribution in [0, 0.1) is 0 Å². The summed E-state index contributed by atoms with van der Waals surface area (Å²) in [5.41, 5.74) is 0.631. The van der Waals surface area contributed by atoms with Crippen LogP contribution < -0.4 is 0 Å². The lowest BCUT2D eigenvalue weighted by Gasteiger charge is -2.05. The molecule has 0 amide bonds. The van der Waals surface area contributed by atoms with Crippen molar-refractivity contribution in [1.29, 1.82) is 0 Å². The van der Waals surface area contributed by atoms with E-state index >= 15 is 0 Å². The number of ether oxygens (including phenoxy) is 1. The van der Waals surface area contributed by atoms with Crippen molar-refractivity contribution in [3.8, 4) is 0 Å². The molecule has 0 unspecified atom stereocenters. The first-order valence-electron chi connectivity index (χ1n) is 10.6. The second kappa shape index (κ2) is 18.5. The Balaban J connectivity index is 3.15. The number of carbonyl (C=O) groups is 1. The third-order valence-corrected chi connectivity index (χ3v) is 4.65. The van der Waals surface area contributed by atoms with Crippen molar-refractivity contribution in [2.24, 2.45) is 0 Å². The number of carbonyl (C=O) groups excluding carboxylic acids is 1. The molecule has 0 heterocycles. The highest BCUT2D eigenvalue weighted by molar-refractivity contribution is 5.87. The molecule has 0 bridgehead atoms. The Morgan fingerprint density at radius 1 is 0.667 bits per heavy atom. The van der Waals surface area contributed by atoms with Gasteiger partial charge in [0.05, 0.1) is 6.61 Å². The molecular formula is C22H42O2. The van der Waals surface area contributed by atoms with Crippen LogP contribution in [0.3, 0.4) is 0 Å². The first kappa shape index (κ1) is 23.2. The van der Waals surface area contributed by atoms with Gasteiger partial charge in [-0.15, -0.1) is 0 Å². The quantitative estimate of drug-likeness (QED) is 0.148. The molecule has 0 N–H and O–H groups in total. The molecule has 0 aromatic heterocycles. The van der Waals surface area contributed by atoms with Gasteiger partial charge in [-0.2, -0.15) is 0 Å². The molecule has 0 aliphatic carbocycles. The molecule has 24 heavy (non-hydrogen) atoms. The van der Waals surface area contributed by atoms with E-state index in [1.807, 2.05) is 6.92 Å². The highest BCUT2D eigenvalue weighted by Crippen LogP contribution is 2.14. The third-order valence-electron chi connectivity index (χ3n) is 4.65. The van der Waals surface area contributed by atoms with Crippen LogP contribution in [-0.2, 0) is 9.53 Å². The minimum Gasteiger partial charge on any atom is -0.463 e. The fourth-order valence-corrected chi connectivity index (χ4v) is 3.04. The second-order valence-corrected chi connectivity index (χ2v) is 7.02. The minimum atomic E-state index is -0.220. The molecule has 0 aliphatic heterocycles. The molecule has 0 fully saturated rings. The van der Waals surface area contributed by atoms with Gasteiger partial charge in [0.15, 0.2) is 0 Å². The molecule has 0 aromatic carbocycles. The Labute approximate surface area is 151 Å². The molecule has 0 radical (unpaired) electrons. The zero-order valence-electron chi connectivity index (χ0n) is 16.5. The zero-order chi connectivity index (χ0) is 17.9. The van der Waals surface area contributed by atoms with E-state index in [1.54, 1.807) is 0 Å². The molecule has 0 spiro atoms. The van der Waals surface area contributed by atoms with E-state index < -0.39 is 0 Å². The van der Waals surface area contributed by atoms with Crippen molar-refractivity contribution in [2.45, 2.75) is 117 Å². The summed E-state index contributed by atoms with van der Waals surface area (Å²) >= 11 is 0. The van der Waals surface area contributed by atoms with Crippen molar-refractivity contribution in [1.82, 2.24) is 0 Å². The molecular weight excluding hydrogens is 296 g/mol. The van der Waals surface area contributed by atoms with Gasteiger partial charge in [-0.3, -0.25) is 0 Å². The Hall–Kier alpha value is -0.790. The SMILES string of the molecule is C=C(CCCCCCCCCCCCCCCCC)C(=O)OCC. The van der Waals surface area contributed by atoms with E-state index in [0.717, 1.165) is 12.8 Å². The van der Waals surface area contributed by atoms with Crippen molar-refractivity contribution in [3.05, 3.63) is 12.2 Å². The predicted molar refractivity (Wildman–Crippen MR) is 105 cm³/mol. The molecule has 0 aromatic rings. The lowest BCUT2D eigenvalue weighted by atomic mass is 10.0. The van der Waals surface area contributed by atoms with Gasteiger partial charge in [-0.25, -0.2) is 4.79 Å². The summed E-state index contributed by atoms with van der Waals surface area (Å²) in [5.74, 6) is -0.220. The van der Waals surface area contributed by atoms with Crippen LogP contribution in [0.4, 0.5) is 0 Å². The topological polar surface area (TPSA) is 26.3 Å². The number of hydrogen-bond acceptors (Lipinski definition) is 2. The summed E-state index contributed by atoms with van der Waals surface area (Å²) in [6.45, 7) is 8.35.